The maximum atomic E-state index is 13.9. The number of pyridine rings is 1. The maximum absolute atomic E-state index is 13.9. The van der Waals surface area contributed by atoms with Crippen molar-refractivity contribution < 1.29 is 22.7 Å². The molecular weight excluding hydrogens is 531 g/mol. The zero-order valence-electron chi connectivity index (χ0n) is 23.0. The Morgan fingerprint density at radius 2 is 1.90 bits per heavy atom. The highest BCUT2D eigenvalue weighted by atomic mass is 19.4. The number of carbonyl (C=O) groups is 1. The van der Waals surface area contributed by atoms with Crippen LogP contribution in [0.1, 0.15) is 30.4 Å². The molecule has 10 heteroatoms. The maximum Gasteiger partial charge on any atom is 0.415 e. The van der Waals surface area contributed by atoms with Crippen molar-refractivity contribution in [3.63, 3.8) is 0 Å². The number of nitrogens with zero attached hydrogens (tertiary/aromatic N) is 4. The summed E-state index contributed by atoms with van der Waals surface area (Å²) in [5.74, 6) is 0.618. The van der Waals surface area contributed by atoms with E-state index >= 15 is 0 Å². The summed E-state index contributed by atoms with van der Waals surface area (Å²) in [6.07, 6.45) is -0.902. The molecule has 1 aromatic heterocycles. The lowest BCUT2D eigenvalue weighted by molar-refractivity contribution is -0.137. The molecule has 0 spiro atoms. The molecule has 5 rings (SSSR count). The highest BCUT2D eigenvalue weighted by molar-refractivity contribution is 5.89. The second-order valence-corrected chi connectivity index (χ2v) is 10.6. The van der Waals surface area contributed by atoms with E-state index in [1.54, 1.807) is 13.3 Å². The first kappa shape index (κ1) is 28.4. The Morgan fingerprint density at radius 1 is 1.15 bits per heavy atom. The van der Waals surface area contributed by atoms with Crippen LogP contribution in [0.3, 0.4) is 0 Å². The average molecular weight is 564 g/mol. The zero-order chi connectivity index (χ0) is 29.2. The molecule has 0 unspecified atom stereocenters. The number of piperidine rings is 1. The lowest BCUT2D eigenvalue weighted by Gasteiger charge is -2.43. The summed E-state index contributed by atoms with van der Waals surface area (Å²) >= 11 is 0. The Hall–Kier alpha value is -4.10. The van der Waals surface area contributed by atoms with Gasteiger partial charge in [0, 0.05) is 48.7 Å². The van der Waals surface area contributed by atoms with Crippen molar-refractivity contribution in [1.82, 2.24) is 15.2 Å². The summed E-state index contributed by atoms with van der Waals surface area (Å²) < 4.78 is 45.2. The van der Waals surface area contributed by atoms with Gasteiger partial charge in [-0.1, -0.05) is 24.3 Å². The molecule has 1 atom stereocenters. The predicted octanol–water partition coefficient (Wildman–Crippen LogP) is 5.69. The van der Waals surface area contributed by atoms with Crippen molar-refractivity contribution in [2.24, 2.45) is 0 Å². The molecule has 2 aromatic carbocycles. The fourth-order valence-corrected chi connectivity index (χ4v) is 5.73. The first-order chi connectivity index (χ1) is 19.7. The van der Waals surface area contributed by atoms with E-state index in [1.165, 1.54) is 6.07 Å². The zero-order valence-corrected chi connectivity index (χ0v) is 23.0. The number of para-hydroxylation sites is 1. The van der Waals surface area contributed by atoms with Gasteiger partial charge in [-0.05, 0) is 68.8 Å². The summed E-state index contributed by atoms with van der Waals surface area (Å²) in [5, 5.41) is 3.17. The van der Waals surface area contributed by atoms with Gasteiger partial charge >= 0.3 is 6.18 Å². The topological polar surface area (TPSA) is 62.1 Å². The molecule has 0 aliphatic carbocycles. The van der Waals surface area contributed by atoms with Crippen molar-refractivity contribution in [3.8, 4) is 17.0 Å². The van der Waals surface area contributed by atoms with Crippen molar-refractivity contribution in [2.45, 2.75) is 36.9 Å². The van der Waals surface area contributed by atoms with E-state index in [-0.39, 0.29) is 11.6 Å². The number of amides is 1. The minimum Gasteiger partial charge on any atom is -0.496 e. The third-order valence-corrected chi connectivity index (χ3v) is 8.45. The molecule has 2 aliphatic rings. The molecule has 3 heterocycles. The third-order valence-electron chi connectivity index (χ3n) is 8.45. The van der Waals surface area contributed by atoms with E-state index in [1.807, 2.05) is 48.3 Å². The van der Waals surface area contributed by atoms with Crippen molar-refractivity contribution in [2.75, 3.05) is 45.2 Å². The molecule has 214 valence electrons. The van der Waals surface area contributed by atoms with E-state index in [2.05, 4.69) is 15.1 Å². The van der Waals surface area contributed by atoms with Gasteiger partial charge in [0.05, 0.1) is 24.8 Å². The van der Waals surface area contributed by atoms with E-state index in [4.69, 9.17) is 16.3 Å². The molecule has 3 aromatic rings. The average Bonchev–Trinajstić information content (AvgIpc) is 2.99. The highest BCUT2D eigenvalue weighted by Gasteiger charge is 2.44. The molecule has 0 radical (unpaired) electrons. The predicted molar refractivity (Wildman–Crippen MR) is 151 cm³/mol. The number of carbonyl (C=O) groups excluding carboxylic acids is 1. The fraction of sp³-hybridized carbons (Fsp3) is 0.387. The standard InChI is InChI=1S/C31H32F3N5O2/c1-35-26-18-21(31(32,33)34)9-11-27(26)39-16-13-30(14-17-39,29(40)37-20-23-12-15-38(23)2)22-8-10-25(36-19-22)24-6-4-5-7-28(24)41-3/h4-11,18-19,23H,12-17,20H2,2-3H3,(H,37,40)/t23-/m0/s1. The molecule has 0 bridgehead atoms. The van der Waals surface area contributed by atoms with Crippen LogP contribution in [0, 0.1) is 6.57 Å². The number of hydrogen-bond donors (Lipinski definition) is 1. The number of aromatic nitrogens is 1. The normalized spacial score (nSPS) is 18.7. The Labute approximate surface area is 237 Å². The number of ether oxygens (including phenoxy) is 1. The number of nitrogens with one attached hydrogen (secondary N) is 1. The lowest BCUT2D eigenvalue weighted by atomic mass is 9.72. The minimum atomic E-state index is -4.52. The molecule has 0 saturated carbocycles. The number of anilines is 1. The number of hydrogen-bond acceptors (Lipinski definition) is 5. The number of halogens is 3. The van der Waals surface area contributed by atoms with Crippen LogP contribution in [0.15, 0.2) is 60.8 Å². The van der Waals surface area contributed by atoms with Crippen LogP contribution in [0.25, 0.3) is 16.1 Å². The van der Waals surface area contributed by atoms with Crippen molar-refractivity contribution in [1.29, 1.82) is 0 Å². The summed E-state index contributed by atoms with van der Waals surface area (Å²) in [6.45, 7) is 9.84. The van der Waals surface area contributed by atoms with E-state index in [0.29, 0.717) is 50.0 Å². The largest absolute Gasteiger partial charge is 0.496 e. The first-order valence-corrected chi connectivity index (χ1v) is 13.6. The number of likely N-dealkylation sites (tertiary alicyclic amines) is 1. The first-order valence-electron chi connectivity index (χ1n) is 13.6. The van der Waals surface area contributed by atoms with Crippen LogP contribution >= 0.6 is 0 Å². The van der Waals surface area contributed by atoms with Crippen LogP contribution in [0.5, 0.6) is 5.75 Å². The number of likely N-dealkylation sites (N-methyl/N-ethyl adjacent to an activating group) is 1. The van der Waals surface area contributed by atoms with Gasteiger partial charge < -0.3 is 19.9 Å². The van der Waals surface area contributed by atoms with Gasteiger partial charge in [0.2, 0.25) is 11.6 Å². The van der Waals surface area contributed by atoms with Gasteiger partial charge in [0.15, 0.2) is 0 Å². The molecule has 2 aliphatic heterocycles. The number of rotatable bonds is 7. The Bertz CT molecular complexity index is 1440. The van der Waals surface area contributed by atoms with E-state index < -0.39 is 17.2 Å². The second-order valence-electron chi connectivity index (χ2n) is 10.6. The van der Waals surface area contributed by atoms with Crippen LogP contribution in [-0.2, 0) is 16.4 Å². The van der Waals surface area contributed by atoms with Crippen molar-refractivity contribution >= 4 is 17.3 Å². The molecule has 41 heavy (non-hydrogen) atoms. The summed E-state index contributed by atoms with van der Waals surface area (Å²) in [5.41, 5.74) is 1.04. The van der Waals surface area contributed by atoms with Crippen LogP contribution in [-0.4, -0.2) is 62.2 Å². The van der Waals surface area contributed by atoms with Gasteiger partial charge in [-0.15, -0.1) is 0 Å². The van der Waals surface area contributed by atoms with Gasteiger partial charge in [-0.2, -0.15) is 13.2 Å². The quantitative estimate of drug-likeness (QED) is 0.375. The monoisotopic (exact) mass is 563 g/mol. The number of benzene rings is 2. The van der Waals surface area contributed by atoms with Crippen LogP contribution in [0.4, 0.5) is 24.5 Å². The second kappa shape index (κ2) is 11.4. The molecule has 1 amide bonds. The summed E-state index contributed by atoms with van der Waals surface area (Å²) in [7, 11) is 3.64. The molecule has 2 fully saturated rings. The van der Waals surface area contributed by atoms with E-state index in [9.17, 15) is 18.0 Å². The fourth-order valence-electron chi connectivity index (χ4n) is 5.73. The van der Waals surface area contributed by atoms with Crippen LogP contribution < -0.4 is 15.0 Å². The third kappa shape index (κ3) is 5.59. The number of methoxy groups -OCH3 is 1. The Morgan fingerprint density at radius 3 is 2.49 bits per heavy atom. The SMILES string of the molecule is [C-]#[N+]c1cc(C(F)(F)F)ccc1N1CCC(C(=O)NC[C@@H]2CCN2C)(c2ccc(-c3ccccc3OC)nc2)CC1. The van der Waals surface area contributed by atoms with Crippen LogP contribution in [0.2, 0.25) is 0 Å². The van der Waals surface area contributed by atoms with Gasteiger partial charge in [-0.25, -0.2) is 4.85 Å². The molecular formula is C31H32F3N5O2. The highest BCUT2D eigenvalue weighted by Crippen LogP contribution is 2.42. The van der Waals surface area contributed by atoms with Gasteiger partial charge in [0.1, 0.15) is 5.75 Å². The van der Waals surface area contributed by atoms with Crippen molar-refractivity contribution in [3.05, 3.63) is 83.3 Å². The lowest BCUT2D eigenvalue weighted by Crippen LogP contribution is -2.56. The molecule has 2 saturated heterocycles. The Balaban J connectivity index is 1.42. The molecule has 1 N–H and O–H groups in total. The summed E-state index contributed by atoms with van der Waals surface area (Å²) in [6, 6.07) is 15.0. The van der Waals surface area contributed by atoms with Gasteiger partial charge in [-0.3, -0.25) is 9.78 Å². The van der Waals surface area contributed by atoms with Gasteiger partial charge in [0.25, 0.3) is 0 Å². The minimum absolute atomic E-state index is 0.0485. The molecule has 7 nitrogen and oxygen atoms in total. The van der Waals surface area contributed by atoms with E-state index in [0.717, 1.165) is 41.9 Å². The Kier molecular flexibility index (Phi) is 7.91. The number of alkyl halides is 3. The summed E-state index contributed by atoms with van der Waals surface area (Å²) in [4.78, 5) is 26.1. The smallest absolute Gasteiger partial charge is 0.415 e.